The van der Waals surface area contributed by atoms with E-state index in [2.05, 4.69) is 10.0 Å². The lowest BCUT2D eigenvalue weighted by Gasteiger charge is -2.11. The number of carbonyl (C=O) groups is 1. The first-order valence-corrected chi connectivity index (χ1v) is 8.14. The van der Waals surface area contributed by atoms with Gasteiger partial charge < -0.3 is 5.32 Å². The summed E-state index contributed by atoms with van der Waals surface area (Å²) in [6.07, 6.45) is -4.57. The quantitative estimate of drug-likeness (QED) is 0.883. The Labute approximate surface area is 136 Å². The molecule has 0 fully saturated rings. The van der Waals surface area contributed by atoms with Gasteiger partial charge in [-0.25, -0.2) is 8.42 Å². The Balaban J connectivity index is 2.27. The molecular formula is C15H13F3N2O3S. The van der Waals surface area contributed by atoms with E-state index in [9.17, 15) is 26.4 Å². The van der Waals surface area contributed by atoms with Crippen LogP contribution in [0.4, 0.5) is 18.9 Å². The molecule has 128 valence electrons. The molecule has 0 unspecified atom stereocenters. The number of benzene rings is 2. The second-order valence-corrected chi connectivity index (χ2v) is 6.47. The summed E-state index contributed by atoms with van der Waals surface area (Å²) in [5, 5.41) is 2.39. The number of alkyl halides is 3. The zero-order valence-electron chi connectivity index (χ0n) is 12.4. The molecule has 0 bridgehead atoms. The minimum atomic E-state index is -4.57. The third kappa shape index (κ3) is 4.05. The van der Waals surface area contributed by atoms with Gasteiger partial charge in [0.2, 0.25) is 0 Å². The summed E-state index contributed by atoms with van der Waals surface area (Å²) in [5.74, 6) is -0.384. The molecule has 0 aliphatic carbocycles. The predicted octanol–water partition coefficient (Wildman–Crippen LogP) is 2.87. The number of hydrogen-bond donors (Lipinski definition) is 2. The molecular weight excluding hydrogens is 345 g/mol. The molecule has 0 saturated heterocycles. The number of nitrogens with one attached hydrogen (secondary N) is 2. The molecule has 24 heavy (non-hydrogen) atoms. The highest BCUT2D eigenvalue weighted by atomic mass is 32.2. The topological polar surface area (TPSA) is 75.3 Å². The van der Waals surface area contributed by atoms with Crippen LogP contribution in [0.15, 0.2) is 53.4 Å². The molecule has 2 aromatic carbocycles. The lowest BCUT2D eigenvalue weighted by atomic mass is 10.2. The van der Waals surface area contributed by atoms with Crippen LogP contribution in [0.25, 0.3) is 0 Å². The van der Waals surface area contributed by atoms with E-state index in [1.165, 1.54) is 37.4 Å². The third-order valence-electron chi connectivity index (χ3n) is 3.10. The number of amides is 1. The first kappa shape index (κ1) is 17.8. The summed E-state index contributed by atoms with van der Waals surface area (Å²) in [4.78, 5) is 11.2. The highest BCUT2D eigenvalue weighted by Crippen LogP contribution is 2.31. The summed E-state index contributed by atoms with van der Waals surface area (Å²) >= 11 is 0. The van der Waals surface area contributed by atoms with E-state index in [-0.39, 0.29) is 22.1 Å². The van der Waals surface area contributed by atoms with Gasteiger partial charge in [-0.1, -0.05) is 6.07 Å². The van der Waals surface area contributed by atoms with Crippen LogP contribution < -0.4 is 10.0 Å². The van der Waals surface area contributed by atoms with Crippen LogP contribution in [0.3, 0.4) is 0 Å². The molecule has 0 aliphatic rings. The highest BCUT2D eigenvalue weighted by Gasteiger charge is 2.30. The molecule has 5 nitrogen and oxygen atoms in total. The van der Waals surface area contributed by atoms with E-state index in [0.717, 1.165) is 12.1 Å². The molecule has 0 aliphatic heterocycles. The smallest absolute Gasteiger partial charge is 0.355 e. The minimum Gasteiger partial charge on any atom is -0.355 e. The Morgan fingerprint density at radius 3 is 2.21 bits per heavy atom. The van der Waals surface area contributed by atoms with Crippen molar-refractivity contribution in [2.45, 2.75) is 11.1 Å². The van der Waals surface area contributed by atoms with Crippen LogP contribution in [0.2, 0.25) is 0 Å². The Kier molecular flexibility index (Phi) is 4.83. The number of hydrogen-bond acceptors (Lipinski definition) is 3. The summed E-state index contributed by atoms with van der Waals surface area (Å²) in [6.45, 7) is 0. The van der Waals surface area contributed by atoms with Gasteiger partial charge in [-0.15, -0.1) is 0 Å². The van der Waals surface area contributed by atoms with E-state index >= 15 is 0 Å². The summed E-state index contributed by atoms with van der Waals surface area (Å²) in [6, 6.07) is 8.87. The molecule has 2 aromatic rings. The Bertz CT molecular complexity index is 847. The van der Waals surface area contributed by atoms with E-state index in [4.69, 9.17) is 0 Å². The number of halogens is 3. The fourth-order valence-electron chi connectivity index (χ4n) is 1.90. The number of carbonyl (C=O) groups excluding carboxylic acids is 1. The second-order valence-electron chi connectivity index (χ2n) is 4.79. The van der Waals surface area contributed by atoms with Gasteiger partial charge in [0.1, 0.15) is 0 Å². The van der Waals surface area contributed by atoms with Crippen molar-refractivity contribution in [2.75, 3.05) is 11.8 Å². The van der Waals surface area contributed by atoms with Gasteiger partial charge in [0.25, 0.3) is 15.9 Å². The molecule has 0 heterocycles. The van der Waals surface area contributed by atoms with Crippen LogP contribution in [0, 0.1) is 0 Å². The van der Waals surface area contributed by atoms with E-state index in [0.29, 0.717) is 6.07 Å². The summed E-state index contributed by atoms with van der Waals surface area (Å²) in [7, 11) is -2.64. The number of rotatable bonds is 4. The lowest BCUT2D eigenvalue weighted by molar-refractivity contribution is -0.137. The lowest BCUT2D eigenvalue weighted by Crippen LogP contribution is -2.18. The monoisotopic (exact) mass is 358 g/mol. The second kappa shape index (κ2) is 6.52. The molecule has 0 atom stereocenters. The van der Waals surface area contributed by atoms with Gasteiger partial charge >= 0.3 is 6.18 Å². The number of anilines is 1. The molecule has 0 saturated carbocycles. The van der Waals surface area contributed by atoms with Crippen LogP contribution in [0.1, 0.15) is 15.9 Å². The van der Waals surface area contributed by atoms with Crippen LogP contribution in [0.5, 0.6) is 0 Å². The SMILES string of the molecule is CNC(=O)c1ccc(S(=O)(=O)Nc2cccc(C(F)(F)F)c2)cc1. The van der Waals surface area contributed by atoms with E-state index < -0.39 is 21.8 Å². The zero-order valence-corrected chi connectivity index (χ0v) is 13.2. The molecule has 0 spiro atoms. The van der Waals surface area contributed by atoms with Crippen molar-refractivity contribution in [3.05, 3.63) is 59.7 Å². The maximum absolute atomic E-state index is 12.7. The molecule has 9 heteroatoms. The fourth-order valence-corrected chi connectivity index (χ4v) is 2.95. The van der Waals surface area contributed by atoms with Crippen LogP contribution in [-0.2, 0) is 16.2 Å². The largest absolute Gasteiger partial charge is 0.416 e. The molecule has 1 amide bonds. The van der Waals surface area contributed by atoms with Crippen LogP contribution >= 0.6 is 0 Å². The first-order valence-electron chi connectivity index (χ1n) is 6.66. The van der Waals surface area contributed by atoms with Gasteiger partial charge in [-0.3, -0.25) is 9.52 Å². The Hall–Kier alpha value is -2.55. The van der Waals surface area contributed by atoms with Crippen molar-refractivity contribution < 1.29 is 26.4 Å². The average Bonchev–Trinajstić information content (AvgIpc) is 2.53. The van der Waals surface area contributed by atoms with Crippen molar-refractivity contribution in [3.63, 3.8) is 0 Å². The molecule has 0 radical (unpaired) electrons. The van der Waals surface area contributed by atoms with Crippen molar-refractivity contribution in [2.24, 2.45) is 0 Å². The van der Waals surface area contributed by atoms with E-state index in [1.807, 2.05) is 0 Å². The number of sulfonamides is 1. The normalized spacial score (nSPS) is 11.8. The van der Waals surface area contributed by atoms with Gasteiger partial charge in [0, 0.05) is 18.3 Å². The zero-order chi connectivity index (χ0) is 18.0. The predicted molar refractivity (Wildman–Crippen MR) is 82.1 cm³/mol. The molecule has 2 N–H and O–H groups in total. The third-order valence-corrected chi connectivity index (χ3v) is 4.49. The standard InChI is InChI=1S/C15H13F3N2O3S/c1-19-14(21)10-5-7-13(8-6-10)24(22,23)20-12-4-2-3-11(9-12)15(16,17)18/h2-9,20H,1H3,(H,19,21). The Morgan fingerprint density at radius 2 is 1.67 bits per heavy atom. The highest BCUT2D eigenvalue weighted by molar-refractivity contribution is 7.92. The van der Waals surface area contributed by atoms with Crippen molar-refractivity contribution in [1.82, 2.24) is 5.32 Å². The van der Waals surface area contributed by atoms with Crippen molar-refractivity contribution in [3.8, 4) is 0 Å². The maximum atomic E-state index is 12.7. The Morgan fingerprint density at radius 1 is 1.04 bits per heavy atom. The minimum absolute atomic E-state index is 0.174. The van der Waals surface area contributed by atoms with Gasteiger partial charge in [-0.2, -0.15) is 13.2 Å². The summed E-state index contributed by atoms with van der Waals surface area (Å²) in [5.41, 5.74) is -0.909. The van der Waals surface area contributed by atoms with Gasteiger partial charge in [-0.05, 0) is 42.5 Å². The average molecular weight is 358 g/mol. The fraction of sp³-hybridized carbons (Fsp3) is 0.133. The molecule has 2 rings (SSSR count). The molecule has 0 aromatic heterocycles. The summed E-state index contributed by atoms with van der Waals surface area (Å²) < 4.78 is 64.5. The van der Waals surface area contributed by atoms with Gasteiger partial charge in [0.15, 0.2) is 0 Å². The van der Waals surface area contributed by atoms with Crippen LogP contribution in [-0.4, -0.2) is 21.4 Å². The van der Waals surface area contributed by atoms with E-state index in [1.54, 1.807) is 0 Å². The first-order chi connectivity index (χ1) is 11.1. The van der Waals surface area contributed by atoms with Gasteiger partial charge in [0.05, 0.1) is 10.5 Å². The van der Waals surface area contributed by atoms with Crippen molar-refractivity contribution >= 4 is 21.6 Å². The maximum Gasteiger partial charge on any atom is 0.416 e. The van der Waals surface area contributed by atoms with Crippen molar-refractivity contribution in [1.29, 1.82) is 0 Å².